The van der Waals surface area contributed by atoms with E-state index < -0.39 is 0 Å². The highest BCUT2D eigenvalue weighted by molar-refractivity contribution is 4.00. The topological polar surface area (TPSA) is 78.1 Å². The van der Waals surface area contributed by atoms with Crippen molar-refractivity contribution in [1.29, 1.82) is 0 Å². The maximum absolute atomic E-state index is 4.85. The fourth-order valence-electron chi connectivity index (χ4n) is 0. The van der Waals surface area contributed by atoms with E-state index in [1.165, 1.54) is 0 Å². The zero-order chi connectivity index (χ0) is 11.4. The molecule has 0 saturated heterocycles. The quantitative estimate of drug-likeness (QED) is 0.499. The molecular weight excluding hydrogens is 150 g/mol. The van der Waals surface area contributed by atoms with Gasteiger partial charge in [0.1, 0.15) is 0 Å². The molecule has 0 fully saturated rings. The van der Waals surface area contributed by atoms with E-state index in [0.717, 1.165) is 6.54 Å². The van der Waals surface area contributed by atoms with Gasteiger partial charge in [0.2, 0.25) is 0 Å². The third-order valence-electron chi connectivity index (χ3n) is 0. The van der Waals surface area contributed by atoms with Crippen molar-refractivity contribution in [2.45, 2.75) is 48.5 Å². The Morgan fingerprint density at radius 2 is 0.667 bits per heavy atom. The van der Waals surface area contributed by atoms with Crippen LogP contribution in [0.4, 0.5) is 0 Å². The Kier molecular flexibility index (Phi) is 744. The van der Waals surface area contributed by atoms with Gasteiger partial charge in [0.05, 0.1) is 0 Å². The summed E-state index contributed by atoms with van der Waals surface area (Å²) >= 11 is 0. The molecule has 0 heterocycles. The zero-order valence-corrected chi connectivity index (χ0v) is 10.1. The molecule has 0 unspecified atom stereocenters. The predicted molar refractivity (Wildman–Crippen MR) is 62.0 cm³/mol. The van der Waals surface area contributed by atoms with Crippen LogP contribution in [0.2, 0.25) is 0 Å². The monoisotopic (exact) mass is 181 g/mol. The molecule has 0 atom stereocenters. The fraction of sp³-hybridized carbons (Fsp3) is 1.00. The maximum Gasteiger partial charge on any atom is 0.0403 e. The molecule has 0 rings (SSSR count). The summed E-state index contributed by atoms with van der Waals surface area (Å²) in [6.07, 6.45) is 0. The molecule has 0 radical (unpaired) electrons. The van der Waals surface area contributed by atoms with Crippen LogP contribution < -0.4 is 17.2 Å². The summed E-state index contributed by atoms with van der Waals surface area (Å²) in [7, 11) is 0. The van der Waals surface area contributed by atoms with Crippen molar-refractivity contribution < 1.29 is 0 Å². The van der Waals surface area contributed by atoms with Crippen molar-refractivity contribution in [3.63, 3.8) is 0 Å². The van der Waals surface area contributed by atoms with Crippen LogP contribution in [-0.2, 0) is 0 Å². The van der Waals surface area contributed by atoms with Crippen LogP contribution in [0.25, 0.3) is 0 Å². The highest BCUT2D eigenvalue weighted by atomic mass is 14.7. The molecule has 0 bridgehead atoms. The lowest BCUT2D eigenvalue weighted by molar-refractivity contribution is 1.07. The van der Waals surface area contributed by atoms with Crippen LogP contribution in [0, 0.1) is 0 Å². The van der Waals surface area contributed by atoms with E-state index in [2.05, 4.69) is 11.5 Å². The second kappa shape index (κ2) is 300. The molecule has 12 heavy (non-hydrogen) atoms. The smallest absolute Gasteiger partial charge is 0.0403 e. The van der Waals surface area contributed by atoms with E-state index in [9.17, 15) is 0 Å². The molecule has 0 aliphatic rings. The Morgan fingerprint density at radius 3 is 0.667 bits per heavy atom. The fourth-order valence-corrected chi connectivity index (χ4v) is 0. The standard InChI is InChI=1S/C2H7N.3C2H6.CH6N2/c1-2-3;3*1-2;2-1-3/h2-3H2,1H3;3*1-2H3;1-3H2. The Hall–Kier alpha value is -0.120. The van der Waals surface area contributed by atoms with Gasteiger partial charge in [0.25, 0.3) is 0 Å². The van der Waals surface area contributed by atoms with Gasteiger partial charge in [0, 0.05) is 6.67 Å². The van der Waals surface area contributed by atoms with Crippen molar-refractivity contribution in [3.8, 4) is 0 Å². The molecule has 82 valence electrons. The normalized spacial score (nSPS) is 4.50. The van der Waals surface area contributed by atoms with Crippen LogP contribution in [0.15, 0.2) is 0 Å². The van der Waals surface area contributed by atoms with E-state index in [-0.39, 0.29) is 6.67 Å². The molecule has 0 spiro atoms. The average molecular weight is 181 g/mol. The number of nitrogens with two attached hydrogens (primary N) is 3. The third-order valence-corrected chi connectivity index (χ3v) is 0. The van der Waals surface area contributed by atoms with Gasteiger partial charge in [-0.25, -0.2) is 0 Å². The predicted octanol–water partition coefficient (Wildman–Crippen LogP) is 1.90. The Balaban J connectivity index is -0.0000000174. The summed E-state index contributed by atoms with van der Waals surface area (Å²) < 4.78 is 0. The molecule has 0 amide bonds. The SMILES string of the molecule is CC.CC.CC.CCN.NCN. The van der Waals surface area contributed by atoms with Crippen LogP contribution in [-0.4, -0.2) is 13.2 Å². The summed E-state index contributed by atoms with van der Waals surface area (Å²) in [6.45, 7) is 14.9. The minimum Gasteiger partial charge on any atom is -0.331 e. The molecule has 0 aliphatic carbocycles. The van der Waals surface area contributed by atoms with Crippen molar-refractivity contribution in [3.05, 3.63) is 0 Å². The minimum atomic E-state index is 0.250. The van der Waals surface area contributed by atoms with Crippen molar-refractivity contribution >= 4 is 0 Å². The van der Waals surface area contributed by atoms with E-state index in [1.807, 2.05) is 48.5 Å². The number of hydrogen-bond donors (Lipinski definition) is 3. The average Bonchev–Trinajstić information content (AvgIpc) is 2.16. The van der Waals surface area contributed by atoms with Crippen LogP contribution in [0.5, 0.6) is 0 Å². The van der Waals surface area contributed by atoms with Gasteiger partial charge in [-0.1, -0.05) is 48.5 Å². The van der Waals surface area contributed by atoms with Gasteiger partial charge >= 0.3 is 0 Å². The molecule has 0 aromatic carbocycles. The maximum atomic E-state index is 4.85. The van der Waals surface area contributed by atoms with Crippen LogP contribution in [0.1, 0.15) is 48.5 Å². The first-order chi connectivity index (χ1) is 5.83. The molecule has 0 aliphatic heterocycles. The molecule has 6 N–H and O–H groups in total. The van der Waals surface area contributed by atoms with Gasteiger partial charge in [-0.15, -0.1) is 0 Å². The van der Waals surface area contributed by atoms with Crippen LogP contribution in [0.3, 0.4) is 0 Å². The number of rotatable bonds is 0. The molecular formula is C9H31N3. The Bertz CT molecular complexity index is 11.7. The number of hydrogen-bond acceptors (Lipinski definition) is 3. The largest absolute Gasteiger partial charge is 0.331 e. The summed E-state index contributed by atoms with van der Waals surface area (Å²) in [6, 6.07) is 0. The molecule has 3 heteroatoms. The van der Waals surface area contributed by atoms with E-state index in [4.69, 9.17) is 5.73 Å². The van der Waals surface area contributed by atoms with Crippen molar-refractivity contribution in [1.82, 2.24) is 0 Å². The molecule has 0 saturated carbocycles. The van der Waals surface area contributed by atoms with Crippen LogP contribution >= 0.6 is 0 Å². The molecule has 3 nitrogen and oxygen atoms in total. The van der Waals surface area contributed by atoms with E-state index in [1.54, 1.807) is 0 Å². The minimum absolute atomic E-state index is 0.250. The lowest BCUT2D eigenvalue weighted by Crippen LogP contribution is -2.08. The third kappa shape index (κ3) is 54100. The van der Waals surface area contributed by atoms with Crippen molar-refractivity contribution in [2.24, 2.45) is 17.2 Å². The zero-order valence-electron chi connectivity index (χ0n) is 10.1. The molecule has 0 aromatic heterocycles. The first kappa shape index (κ1) is 29.7. The molecule has 0 aromatic rings. The second-order valence-corrected chi connectivity index (χ2v) is 0.644. The first-order valence-electron chi connectivity index (χ1n) is 4.93. The lowest BCUT2D eigenvalue weighted by Gasteiger charge is -1.56. The van der Waals surface area contributed by atoms with Gasteiger partial charge < -0.3 is 17.2 Å². The first-order valence-corrected chi connectivity index (χ1v) is 4.93. The summed E-state index contributed by atoms with van der Waals surface area (Å²) in [5.41, 5.74) is 14.1. The van der Waals surface area contributed by atoms with Gasteiger partial charge in [0.15, 0.2) is 0 Å². The Labute approximate surface area is 79.7 Å². The van der Waals surface area contributed by atoms with Gasteiger partial charge in [-0.05, 0) is 6.54 Å². The second-order valence-electron chi connectivity index (χ2n) is 0.644. The summed E-state index contributed by atoms with van der Waals surface area (Å²) in [5.74, 6) is 0. The lowest BCUT2D eigenvalue weighted by atomic mass is 10.8. The van der Waals surface area contributed by atoms with Gasteiger partial charge in [-0.3, -0.25) is 0 Å². The highest BCUT2D eigenvalue weighted by Gasteiger charge is 1.32. The Morgan fingerprint density at radius 1 is 0.667 bits per heavy atom. The van der Waals surface area contributed by atoms with E-state index >= 15 is 0 Å². The van der Waals surface area contributed by atoms with Gasteiger partial charge in [-0.2, -0.15) is 0 Å². The summed E-state index contributed by atoms with van der Waals surface area (Å²) in [5, 5.41) is 0. The van der Waals surface area contributed by atoms with E-state index in [0.29, 0.717) is 0 Å². The highest BCUT2D eigenvalue weighted by Crippen LogP contribution is 1.20. The summed E-state index contributed by atoms with van der Waals surface area (Å²) in [4.78, 5) is 0. The van der Waals surface area contributed by atoms with Crippen molar-refractivity contribution in [2.75, 3.05) is 13.2 Å².